The smallest absolute Gasteiger partial charge is 0.333 e. The summed E-state index contributed by atoms with van der Waals surface area (Å²) in [5.74, 6) is 0.0583. The van der Waals surface area contributed by atoms with E-state index in [1.54, 1.807) is 7.11 Å². The van der Waals surface area contributed by atoms with Crippen LogP contribution in [0, 0.1) is 5.92 Å². The number of carbonyl (C=O) groups is 1. The first-order valence-corrected chi connectivity index (χ1v) is 6.01. The van der Waals surface area contributed by atoms with Crippen LogP contribution in [0.25, 0.3) is 0 Å². The van der Waals surface area contributed by atoms with E-state index in [1.165, 1.54) is 0 Å². The van der Waals surface area contributed by atoms with Crippen LogP contribution in [-0.4, -0.2) is 30.9 Å². The van der Waals surface area contributed by atoms with Crippen LogP contribution in [0.15, 0.2) is 24.3 Å². The normalized spacial score (nSPS) is 12.4. The predicted molar refractivity (Wildman–Crippen MR) is 68.9 cm³/mol. The molecule has 18 heavy (non-hydrogen) atoms. The molecule has 4 nitrogen and oxygen atoms in total. The number of ether oxygens (including phenoxy) is 2. The summed E-state index contributed by atoms with van der Waals surface area (Å²) in [4.78, 5) is 11.2. The number of hydrogen-bond acceptors (Lipinski definition) is 3. The number of methoxy groups -OCH3 is 1. The van der Waals surface area contributed by atoms with Crippen LogP contribution in [-0.2, 0) is 16.0 Å². The van der Waals surface area contributed by atoms with Crippen molar-refractivity contribution in [2.75, 3.05) is 13.7 Å². The Balaban J connectivity index is 2.73. The van der Waals surface area contributed by atoms with Crippen molar-refractivity contribution < 1.29 is 19.4 Å². The highest BCUT2D eigenvalue weighted by Gasteiger charge is 2.20. The fourth-order valence-electron chi connectivity index (χ4n) is 1.60. The van der Waals surface area contributed by atoms with Gasteiger partial charge in [0.05, 0.1) is 13.7 Å². The van der Waals surface area contributed by atoms with Crippen molar-refractivity contribution in [3.05, 3.63) is 29.8 Å². The predicted octanol–water partition coefficient (Wildman–Crippen LogP) is 2.36. The fourth-order valence-corrected chi connectivity index (χ4v) is 1.60. The topological polar surface area (TPSA) is 55.8 Å². The molecule has 0 aliphatic rings. The maximum absolute atomic E-state index is 11.2. The lowest BCUT2D eigenvalue weighted by Crippen LogP contribution is -2.28. The van der Waals surface area contributed by atoms with Crippen molar-refractivity contribution in [2.45, 2.75) is 26.4 Å². The van der Waals surface area contributed by atoms with Gasteiger partial charge in [-0.05, 0) is 17.5 Å². The van der Waals surface area contributed by atoms with E-state index in [0.717, 1.165) is 5.56 Å². The Bertz CT molecular complexity index is 387. The minimum Gasteiger partial charge on any atom is -0.496 e. The van der Waals surface area contributed by atoms with Crippen LogP contribution in [0.1, 0.15) is 19.4 Å². The first-order valence-electron chi connectivity index (χ1n) is 6.01. The Kier molecular flexibility index (Phi) is 5.65. The molecule has 0 amide bonds. The second-order valence-corrected chi connectivity index (χ2v) is 4.57. The highest BCUT2D eigenvalue weighted by Crippen LogP contribution is 2.20. The SMILES string of the molecule is COc1ccccc1CC(OCC(C)C)C(=O)O. The van der Waals surface area contributed by atoms with Gasteiger partial charge < -0.3 is 14.6 Å². The lowest BCUT2D eigenvalue weighted by atomic mass is 10.1. The summed E-state index contributed by atoms with van der Waals surface area (Å²) in [5.41, 5.74) is 0.844. The Morgan fingerprint density at radius 3 is 2.56 bits per heavy atom. The lowest BCUT2D eigenvalue weighted by molar-refractivity contribution is -0.150. The number of carboxylic acid groups (broad SMARTS) is 1. The zero-order valence-corrected chi connectivity index (χ0v) is 11.1. The summed E-state index contributed by atoms with van der Waals surface area (Å²) < 4.78 is 10.6. The van der Waals surface area contributed by atoms with E-state index >= 15 is 0 Å². The van der Waals surface area contributed by atoms with Crippen molar-refractivity contribution in [2.24, 2.45) is 5.92 Å². The van der Waals surface area contributed by atoms with Gasteiger partial charge in [0.15, 0.2) is 6.10 Å². The van der Waals surface area contributed by atoms with Crippen molar-refractivity contribution in [3.8, 4) is 5.75 Å². The highest BCUT2D eigenvalue weighted by molar-refractivity contribution is 5.73. The van der Waals surface area contributed by atoms with Crippen LogP contribution < -0.4 is 4.74 Å². The molecule has 0 bridgehead atoms. The third-order valence-corrected chi connectivity index (χ3v) is 2.50. The molecule has 0 aliphatic carbocycles. The van der Waals surface area contributed by atoms with Crippen LogP contribution in [0.5, 0.6) is 5.75 Å². The molecule has 100 valence electrons. The molecule has 0 saturated carbocycles. The molecule has 0 aromatic heterocycles. The third-order valence-electron chi connectivity index (χ3n) is 2.50. The van der Waals surface area contributed by atoms with Gasteiger partial charge >= 0.3 is 5.97 Å². The molecule has 1 atom stereocenters. The van der Waals surface area contributed by atoms with Crippen molar-refractivity contribution in [1.82, 2.24) is 0 Å². The summed E-state index contributed by atoms with van der Waals surface area (Å²) in [6.07, 6.45) is -0.518. The van der Waals surface area contributed by atoms with Crippen molar-refractivity contribution in [3.63, 3.8) is 0 Å². The number of carboxylic acids is 1. The van der Waals surface area contributed by atoms with E-state index in [2.05, 4.69) is 0 Å². The van der Waals surface area contributed by atoms with Gasteiger partial charge in [-0.3, -0.25) is 0 Å². The molecule has 1 aromatic carbocycles. The van der Waals surface area contributed by atoms with E-state index in [0.29, 0.717) is 24.7 Å². The Labute approximate surface area is 108 Å². The van der Waals surface area contributed by atoms with E-state index in [9.17, 15) is 4.79 Å². The van der Waals surface area contributed by atoms with Gasteiger partial charge in [0.2, 0.25) is 0 Å². The minimum absolute atomic E-state index is 0.310. The van der Waals surface area contributed by atoms with Crippen LogP contribution in [0.4, 0.5) is 0 Å². The summed E-state index contributed by atoms with van der Waals surface area (Å²) in [6, 6.07) is 7.39. The summed E-state index contributed by atoms with van der Waals surface area (Å²) in [6.45, 7) is 4.41. The fraction of sp³-hybridized carbons (Fsp3) is 0.500. The van der Waals surface area contributed by atoms with E-state index in [4.69, 9.17) is 14.6 Å². The molecule has 1 aromatic rings. The second kappa shape index (κ2) is 7.01. The maximum Gasteiger partial charge on any atom is 0.333 e. The standard InChI is InChI=1S/C14H20O4/c1-10(2)9-18-13(14(15)16)8-11-6-4-5-7-12(11)17-3/h4-7,10,13H,8-9H2,1-3H3,(H,15,16). The van der Waals surface area contributed by atoms with E-state index in [1.807, 2.05) is 38.1 Å². The Morgan fingerprint density at radius 1 is 1.33 bits per heavy atom. The summed E-state index contributed by atoms with van der Waals surface area (Å²) >= 11 is 0. The molecule has 0 fully saturated rings. The summed E-state index contributed by atoms with van der Waals surface area (Å²) in [5, 5.41) is 9.15. The van der Waals surface area contributed by atoms with Gasteiger partial charge in [-0.1, -0.05) is 32.0 Å². The number of aliphatic carboxylic acids is 1. The second-order valence-electron chi connectivity index (χ2n) is 4.57. The average molecular weight is 252 g/mol. The quantitative estimate of drug-likeness (QED) is 0.809. The number of hydrogen-bond donors (Lipinski definition) is 1. The van der Waals surface area contributed by atoms with Gasteiger partial charge in [0.25, 0.3) is 0 Å². The first-order chi connectivity index (χ1) is 8.54. The molecule has 0 radical (unpaired) electrons. The molecule has 1 rings (SSSR count). The molecular formula is C14H20O4. The molecule has 1 unspecified atom stereocenters. The van der Waals surface area contributed by atoms with Gasteiger partial charge in [-0.25, -0.2) is 4.79 Å². The number of rotatable bonds is 7. The zero-order valence-electron chi connectivity index (χ0n) is 11.1. The van der Waals surface area contributed by atoms with E-state index in [-0.39, 0.29) is 0 Å². The Morgan fingerprint density at radius 2 is 2.00 bits per heavy atom. The monoisotopic (exact) mass is 252 g/mol. The number of para-hydroxylation sites is 1. The van der Waals surface area contributed by atoms with Crippen LogP contribution in [0.2, 0.25) is 0 Å². The molecule has 0 aliphatic heterocycles. The third kappa shape index (κ3) is 4.37. The molecule has 0 heterocycles. The van der Waals surface area contributed by atoms with Gasteiger partial charge in [0, 0.05) is 6.42 Å². The van der Waals surface area contributed by atoms with Gasteiger partial charge in [0.1, 0.15) is 5.75 Å². The maximum atomic E-state index is 11.2. The van der Waals surface area contributed by atoms with Crippen molar-refractivity contribution in [1.29, 1.82) is 0 Å². The number of benzene rings is 1. The molecule has 1 N–H and O–H groups in total. The van der Waals surface area contributed by atoms with Crippen molar-refractivity contribution >= 4 is 5.97 Å². The molecule has 0 spiro atoms. The van der Waals surface area contributed by atoms with Crippen LogP contribution in [0.3, 0.4) is 0 Å². The highest BCUT2D eigenvalue weighted by atomic mass is 16.5. The Hall–Kier alpha value is -1.55. The average Bonchev–Trinajstić information content (AvgIpc) is 2.34. The lowest BCUT2D eigenvalue weighted by Gasteiger charge is -2.16. The molecular weight excluding hydrogens is 232 g/mol. The molecule has 4 heteroatoms. The minimum atomic E-state index is -0.943. The van der Waals surface area contributed by atoms with Gasteiger partial charge in [-0.15, -0.1) is 0 Å². The van der Waals surface area contributed by atoms with E-state index < -0.39 is 12.1 Å². The largest absolute Gasteiger partial charge is 0.496 e. The summed E-state index contributed by atoms with van der Waals surface area (Å²) in [7, 11) is 1.57. The van der Waals surface area contributed by atoms with Gasteiger partial charge in [-0.2, -0.15) is 0 Å². The first kappa shape index (κ1) is 14.5. The zero-order chi connectivity index (χ0) is 13.5. The van der Waals surface area contributed by atoms with Crippen LogP contribution >= 0.6 is 0 Å². The molecule has 0 saturated heterocycles.